The number of rotatable bonds is 6. The van der Waals surface area contributed by atoms with Gasteiger partial charge in [0.15, 0.2) is 0 Å². The summed E-state index contributed by atoms with van der Waals surface area (Å²) in [7, 11) is 1.50. The molecule has 0 aliphatic heterocycles. The molecule has 17 heteroatoms. The Morgan fingerprint density at radius 1 is 0.481 bits per heavy atom. The molecule has 0 saturated carbocycles. The van der Waals surface area contributed by atoms with Crippen molar-refractivity contribution in [2.24, 2.45) is 0 Å². The molecule has 0 aromatic heterocycles. The average molecular weight is 547 g/mol. The van der Waals surface area contributed by atoms with E-state index in [9.17, 15) is 61.5 Å². The molecule has 0 rings (SSSR count). The minimum atomic E-state index is -6.16. The van der Waals surface area contributed by atoms with Crippen LogP contribution in [0.4, 0.5) is 61.5 Å². The van der Waals surface area contributed by atoms with E-state index < -0.39 is 66.1 Å². The monoisotopic (exact) mass is 548 g/mol. The molecule has 0 amide bonds. The van der Waals surface area contributed by atoms with Crippen LogP contribution in [0.5, 0.6) is 0 Å². The summed E-state index contributed by atoms with van der Waals surface area (Å²) in [5.74, 6) is -12.3. The van der Waals surface area contributed by atoms with E-state index in [4.69, 9.17) is 10.2 Å². The summed E-state index contributed by atoms with van der Waals surface area (Å²) in [6.45, 7) is 0. The van der Waals surface area contributed by atoms with E-state index in [0.717, 1.165) is 14.2 Å². The van der Waals surface area contributed by atoms with E-state index in [-0.39, 0.29) is 0 Å². The molecule has 0 aromatic carbocycles. The maximum atomic E-state index is 12.9. The standard InChI is InChI=1S/2C4H2F7.2CH3O.Sn/c2*5-2(6)3(7,8)1-4(9,10)11;2*1-2;/h2*1H2;2*1H3;/q;;2*-1;+2. The van der Waals surface area contributed by atoms with Gasteiger partial charge in [-0.15, -0.1) is 0 Å². The Morgan fingerprint density at radius 2 is 0.667 bits per heavy atom. The third kappa shape index (κ3) is 11.4. The van der Waals surface area contributed by atoms with Crippen LogP contribution in [0.15, 0.2) is 0 Å². The normalized spacial score (nSPS) is 13.7. The zero-order valence-electron chi connectivity index (χ0n) is 13.0. The van der Waals surface area contributed by atoms with Gasteiger partial charge in [-0.3, -0.25) is 0 Å². The molecule has 0 heterocycles. The van der Waals surface area contributed by atoms with Crippen LogP contribution in [-0.4, -0.2) is 67.4 Å². The van der Waals surface area contributed by atoms with E-state index in [2.05, 4.69) is 0 Å². The second-order valence-corrected chi connectivity index (χ2v) is 8.56. The Kier molecular flexibility index (Phi) is 12.2. The van der Waals surface area contributed by atoms with Crippen LogP contribution in [0.2, 0.25) is 0 Å². The van der Waals surface area contributed by atoms with Crippen molar-refractivity contribution in [3.05, 3.63) is 0 Å². The number of hydrogen-bond acceptors (Lipinski definition) is 2. The van der Waals surface area contributed by atoms with E-state index in [1.807, 2.05) is 0 Å². The van der Waals surface area contributed by atoms with Crippen molar-refractivity contribution in [3.63, 3.8) is 0 Å². The van der Waals surface area contributed by atoms with Gasteiger partial charge >= 0.3 is 128 Å². The van der Waals surface area contributed by atoms with Gasteiger partial charge in [0.2, 0.25) is 0 Å². The van der Waals surface area contributed by atoms with Crippen LogP contribution >= 0.6 is 0 Å². The fourth-order valence-corrected chi connectivity index (χ4v) is 3.78. The van der Waals surface area contributed by atoms with Gasteiger partial charge in [0.05, 0.1) is 0 Å². The molecule has 0 bridgehead atoms. The van der Waals surface area contributed by atoms with Gasteiger partial charge in [0.25, 0.3) is 0 Å². The fraction of sp³-hybridized carbons (Fsp3) is 1.00. The van der Waals surface area contributed by atoms with Gasteiger partial charge in [0, 0.05) is 0 Å². The van der Waals surface area contributed by atoms with Crippen molar-refractivity contribution in [3.8, 4) is 0 Å². The molecule has 0 aromatic rings. The van der Waals surface area contributed by atoms with Crippen molar-refractivity contribution in [1.82, 2.24) is 0 Å². The molecule has 2 nitrogen and oxygen atoms in total. The van der Waals surface area contributed by atoms with Gasteiger partial charge in [-0.25, -0.2) is 0 Å². The van der Waals surface area contributed by atoms with Crippen molar-refractivity contribution < 1.29 is 71.7 Å². The first-order valence-corrected chi connectivity index (χ1v) is 8.73. The second-order valence-electron chi connectivity index (χ2n) is 4.27. The van der Waals surface area contributed by atoms with E-state index in [0.29, 0.717) is 0 Å². The van der Waals surface area contributed by atoms with Crippen LogP contribution in [0.25, 0.3) is 0 Å². The minimum absolute atomic E-state index is 0.750. The first-order valence-electron chi connectivity index (χ1n) is 5.88. The molecule has 164 valence electrons. The Morgan fingerprint density at radius 3 is 0.815 bits per heavy atom. The maximum absolute atomic E-state index is 12.9. The van der Waals surface area contributed by atoms with Crippen LogP contribution < -0.4 is 10.2 Å². The molecule has 0 saturated heterocycles. The first-order chi connectivity index (χ1) is 11.6. The number of halogens is 14. The molecule has 0 fully saturated rings. The predicted octanol–water partition coefficient (Wildman–Crippen LogP) is 3.00. The Balaban J connectivity index is -0.00000134. The van der Waals surface area contributed by atoms with Crippen LogP contribution in [0, 0.1) is 0 Å². The van der Waals surface area contributed by atoms with Gasteiger partial charge in [-0.05, 0) is 0 Å². The summed E-state index contributed by atoms with van der Waals surface area (Å²) in [5.41, 5.74) is 0. The quantitative estimate of drug-likeness (QED) is 0.380. The average Bonchev–Trinajstić information content (AvgIpc) is 2.36. The molecule has 0 spiro atoms. The predicted molar refractivity (Wildman–Crippen MR) is 58.7 cm³/mol. The van der Waals surface area contributed by atoms with Crippen LogP contribution in [0.3, 0.4) is 0 Å². The topological polar surface area (TPSA) is 46.1 Å². The summed E-state index contributed by atoms with van der Waals surface area (Å²) in [6.07, 6.45) is -19.0. The van der Waals surface area contributed by atoms with Crippen LogP contribution in [0.1, 0.15) is 12.8 Å². The van der Waals surface area contributed by atoms with Gasteiger partial charge in [0.1, 0.15) is 0 Å². The number of alkyl halides is 14. The van der Waals surface area contributed by atoms with Crippen molar-refractivity contribution in [2.75, 3.05) is 14.2 Å². The number of hydrogen-bond donors (Lipinski definition) is 0. The summed E-state index contributed by atoms with van der Waals surface area (Å²) in [5, 5.41) is 16.5. The second kappa shape index (κ2) is 10.5. The zero-order valence-corrected chi connectivity index (χ0v) is 15.9. The van der Waals surface area contributed by atoms with Crippen molar-refractivity contribution in [2.45, 2.75) is 44.9 Å². The zero-order chi connectivity index (χ0) is 23.1. The third-order valence-corrected chi connectivity index (χ3v) is 5.96. The summed E-state index contributed by atoms with van der Waals surface area (Å²) >= 11 is -5.79. The van der Waals surface area contributed by atoms with E-state index in [1.165, 1.54) is 0 Å². The van der Waals surface area contributed by atoms with Gasteiger partial charge < -0.3 is 10.2 Å². The van der Waals surface area contributed by atoms with E-state index in [1.54, 1.807) is 0 Å². The Hall–Kier alpha value is -0.261. The summed E-state index contributed by atoms with van der Waals surface area (Å²) in [6, 6.07) is 0. The first kappa shape index (κ1) is 31.4. The van der Waals surface area contributed by atoms with Gasteiger partial charge in [-0.2, -0.15) is 14.2 Å². The van der Waals surface area contributed by atoms with Crippen molar-refractivity contribution >= 4 is 21.1 Å². The summed E-state index contributed by atoms with van der Waals surface area (Å²) < 4.78 is 160. The van der Waals surface area contributed by atoms with Crippen molar-refractivity contribution in [1.29, 1.82) is 0 Å². The molecule has 0 aliphatic rings. The molecule has 0 aliphatic carbocycles. The molecule has 0 unspecified atom stereocenters. The molecule has 0 atom stereocenters. The van der Waals surface area contributed by atoms with E-state index >= 15 is 0 Å². The van der Waals surface area contributed by atoms with Crippen LogP contribution in [-0.2, 0) is 0 Å². The third-order valence-electron chi connectivity index (χ3n) is 2.08. The molecule has 0 N–H and O–H groups in total. The Labute approximate surface area is 152 Å². The SMILES string of the molecule is C[O-].C[O-].FC(F)(F)CC(F)(F)[C](F)(F)[Sn+2][C](F)(F)C(F)(F)CC(F)(F)F. The Bertz CT molecular complexity index is 379. The van der Waals surface area contributed by atoms with Gasteiger partial charge in [-0.1, -0.05) is 0 Å². The molecule has 0 radical (unpaired) electrons. The molecule has 27 heavy (non-hydrogen) atoms. The summed E-state index contributed by atoms with van der Waals surface area (Å²) in [4.78, 5) is 0. The molecular weight excluding hydrogens is 537 g/mol. The fourth-order valence-electron chi connectivity index (χ4n) is 1.11. The molecular formula is C10H10F14O2Sn.